The highest BCUT2D eigenvalue weighted by Gasteiger charge is 2.66. The highest BCUT2D eigenvalue weighted by atomic mass is 19.1. The Morgan fingerprint density at radius 1 is 1.05 bits per heavy atom. The number of aliphatic hydroxyl groups is 1. The summed E-state index contributed by atoms with van der Waals surface area (Å²) in [5.41, 5.74) is 2.71. The largest absolute Gasteiger partial charge is 0.507 e. The quantitative estimate of drug-likeness (QED) is 0.506. The maximum Gasteiger partial charge on any atom is 0.235 e. The van der Waals surface area contributed by atoms with Crippen molar-refractivity contribution in [1.82, 2.24) is 0 Å². The lowest BCUT2D eigenvalue weighted by atomic mass is 9.53. The molecule has 198 valence electrons. The second-order valence-corrected chi connectivity index (χ2v) is 10.4. The summed E-state index contributed by atoms with van der Waals surface area (Å²) in [6, 6.07) is 4.20. The van der Waals surface area contributed by atoms with Gasteiger partial charge in [0.1, 0.15) is 17.4 Å². The smallest absolute Gasteiger partial charge is 0.235 e. The molecule has 5 rings (SSSR count). The lowest BCUT2D eigenvalue weighted by Gasteiger charge is -2.48. The number of primary amides is 1. The number of nitrogens with zero attached hydrogens (tertiary/aromatic N) is 1. The maximum atomic E-state index is 14.7. The number of carbonyl (C=O) groups is 5. The van der Waals surface area contributed by atoms with E-state index in [2.05, 4.69) is 0 Å². The monoisotopic (exact) mass is 526 g/mol. The van der Waals surface area contributed by atoms with Crippen LogP contribution in [-0.4, -0.2) is 58.9 Å². The molecule has 0 saturated heterocycles. The molecule has 0 radical (unpaired) electrons. The van der Waals surface area contributed by atoms with Gasteiger partial charge in [-0.2, -0.15) is 0 Å². The minimum Gasteiger partial charge on any atom is -0.507 e. The van der Waals surface area contributed by atoms with E-state index in [0.29, 0.717) is 17.3 Å². The van der Waals surface area contributed by atoms with Crippen LogP contribution in [0.2, 0.25) is 0 Å². The first-order valence-corrected chi connectivity index (χ1v) is 12.0. The number of fused-ring (bicyclic) bond motifs is 3. The summed E-state index contributed by atoms with van der Waals surface area (Å²) in [4.78, 5) is 66.4. The molecule has 0 spiro atoms. The fourth-order valence-electron chi connectivity index (χ4n) is 6.33. The number of amides is 1. The van der Waals surface area contributed by atoms with Gasteiger partial charge in [0.05, 0.1) is 11.5 Å². The van der Waals surface area contributed by atoms with Gasteiger partial charge in [-0.15, -0.1) is 0 Å². The van der Waals surface area contributed by atoms with E-state index in [1.54, 1.807) is 19.0 Å². The van der Waals surface area contributed by atoms with Gasteiger partial charge in [-0.3, -0.25) is 24.0 Å². The summed E-state index contributed by atoms with van der Waals surface area (Å²) < 4.78 is 28.2. The number of aromatic hydroxyl groups is 1. The van der Waals surface area contributed by atoms with E-state index < -0.39 is 82.1 Å². The van der Waals surface area contributed by atoms with Crippen LogP contribution in [0, 0.1) is 35.3 Å². The van der Waals surface area contributed by atoms with E-state index in [1.165, 1.54) is 6.07 Å². The molecule has 1 amide bonds. The van der Waals surface area contributed by atoms with Crippen molar-refractivity contribution in [2.24, 2.45) is 29.4 Å². The van der Waals surface area contributed by atoms with Gasteiger partial charge in [-0.1, -0.05) is 0 Å². The van der Waals surface area contributed by atoms with Crippen LogP contribution >= 0.6 is 0 Å². The van der Waals surface area contributed by atoms with Gasteiger partial charge >= 0.3 is 0 Å². The summed E-state index contributed by atoms with van der Waals surface area (Å²) in [5.74, 6) is -13.3. The van der Waals surface area contributed by atoms with Crippen molar-refractivity contribution >= 4 is 34.7 Å². The number of benzene rings is 2. The number of ketones is 4. The zero-order chi connectivity index (χ0) is 27.8. The molecule has 0 aromatic heterocycles. The topological polar surface area (TPSA) is 155 Å². The SMILES string of the molecule is CN(C)c1cc(-c2ccc(F)cc2F)c(O)c2c1C[C@H]1C[C@H]3CC(=O)C(C(N)=O)C(=O)[C@@]3(O)C(=O)C1C2=O. The van der Waals surface area contributed by atoms with Crippen molar-refractivity contribution in [2.45, 2.75) is 24.9 Å². The highest BCUT2D eigenvalue weighted by molar-refractivity contribution is 6.31. The van der Waals surface area contributed by atoms with Crippen LogP contribution < -0.4 is 10.6 Å². The van der Waals surface area contributed by atoms with Crippen molar-refractivity contribution in [3.05, 3.63) is 47.0 Å². The summed E-state index contributed by atoms with van der Waals surface area (Å²) >= 11 is 0. The van der Waals surface area contributed by atoms with Gasteiger partial charge in [0.15, 0.2) is 34.7 Å². The van der Waals surface area contributed by atoms with E-state index >= 15 is 0 Å². The van der Waals surface area contributed by atoms with Crippen LogP contribution in [-0.2, 0) is 25.6 Å². The second kappa shape index (κ2) is 8.52. The molecule has 5 atom stereocenters. The summed E-state index contributed by atoms with van der Waals surface area (Å²) in [6.07, 6.45) is -0.387. The number of Topliss-reactive ketones (excluding diaryl/α,β-unsaturated/α-hetero) is 4. The molecule has 3 aliphatic rings. The molecule has 9 nitrogen and oxygen atoms in total. The van der Waals surface area contributed by atoms with Crippen LogP contribution in [0.4, 0.5) is 14.5 Å². The number of hydrogen-bond donors (Lipinski definition) is 3. The second-order valence-electron chi connectivity index (χ2n) is 10.4. The van der Waals surface area contributed by atoms with Gasteiger partial charge < -0.3 is 20.8 Å². The van der Waals surface area contributed by atoms with Crippen molar-refractivity contribution < 1.29 is 43.0 Å². The average molecular weight is 526 g/mol. The average Bonchev–Trinajstić information content (AvgIpc) is 2.81. The van der Waals surface area contributed by atoms with Gasteiger partial charge in [0.25, 0.3) is 0 Å². The van der Waals surface area contributed by atoms with E-state index in [9.17, 15) is 43.0 Å². The number of halogens is 2. The number of anilines is 1. The molecule has 0 aliphatic heterocycles. The number of phenolic OH excluding ortho intramolecular Hbond substituents is 1. The summed E-state index contributed by atoms with van der Waals surface area (Å²) in [5, 5.41) is 22.5. The number of hydrogen-bond acceptors (Lipinski definition) is 8. The van der Waals surface area contributed by atoms with Crippen LogP contribution in [0.15, 0.2) is 24.3 Å². The first-order valence-electron chi connectivity index (χ1n) is 12.0. The van der Waals surface area contributed by atoms with E-state index in [-0.39, 0.29) is 29.5 Å². The predicted molar refractivity (Wildman–Crippen MR) is 128 cm³/mol. The zero-order valence-electron chi connectivity index (χ0n) is 20.5. The molecule has 2 aromatic carbocycles. The minimum atomic E-state index is -2.76. The maximum absolute atomic E-state index is 14.7. The third kappa shape index (κ3) is 3.41. The number of nitrogens with two attached hydrogens (primary N) is 1. The van der Waals surface area contributed by atoms with Crippen molar-refractivity contribution in [3.63, 3.8) is 0 Å². The molecule has 2 saturated carbocycles. The molecular formula is C27H24F2N2O7. The lowest BCUT2D eigenvalue weighted by molar-refractivity contribution is -0.175. The Hall–Kier alpha value is -3.99. The predicted octanol–water partition coefficient (Wildman–Crippen LogP) is 1.34. The molecule has 11 heteroatoms. The highest BCUT2D eigenvalue weighted by Crippen LogP contribution is 2.52. The van der Waals surface area contributed by atoms with Crippen molar-refractivity contribution in [2.75, 3.05) is 19.0 Å². The van der Waals surface area contributed by atoms with Gasteiger partial charge in [-0.25, -0.2) is 8.78 Å². The minimum absolute atomic E-state index is 0.0387. The molecule has 3 aliphatic carbocycles. The third-order valence-electron chi connectivity index (χ3n) is 8.08. The van der Waals surface area contributed by atoms with Crippen LogP contribution in [0.5, 0.6) is 5.75 Å². The van der Waals surface area contributed by atoms with E-state index in [1.807, 2.05) is 0 Å². The fourth-order valence-corrected chi connectivity index (χ4v) is 6.33. The molecule has 38 heavy (non-hydrogen) atoms. The lowest BCUT2D eigenvalue weighted by Crippen LogP contribution is -2.68. The number of rotatable bonds is 3. The third-order valence-corrected chi connectivity index (χ3v) is 8.08. The van der Waals surface area contributed by atoms with Crippen LogP contribution in [0.25, 0.3) is 11.1 Å². The molecule has 2 unspecified atom stereocenters. The zero-order valence-corrected chi connectivity index (χ0v) is 20.5. The first-order chi connectivity index (χ1) is 17.8. The normalized spacial score (nSPS) is 28.4. The Bertz CT molecular complexity index is 1470. The van der Waals surface area contributed by atoms with Crippen LogP contribution in [0.1, 0.15) is 28.8 Å². The van der Waals surface area contributed by atoms with Gasteiger partial charge in [-0.05, 0) is 42.5 Å². The molecular weight excluding hydrogens is 502 g/mol. The Kier molecular flexibility index (Phi) is 5.75. The number of carbonyl (C=O) groups excluding carboxylic acids is 5. The Morgan fingerprint density at radius 3 is 2.34 bits per heavy atom. The van der Waals surface area contributed by atoms with Crippen LogP contribution in [0.3, 0.4) is 0 Å². The van der Waals surface area contributed by atoms with Crippen molar-refractivity contribution in [3.8, 4) is 16.9 Å². The Labute approximate surface area is 215 Å². The Balaban J connectivity index is 1.67. The molecule has 0 heterocycles. The fraction of sp³-hybridized carbons (Fsp3) is 0.370. The van der Waals surface area contributed by atoms with E-state index in [0.717, 1.165) is 12.1 Å². The summed E-state index contributed by atoms with van der Waals surface area (Å²) in [6.45, 7) is 0. The summed E-state index contributed by atoms with van der Waals surface area (Å²) in [7, 11) is 3.34. The van der Waals surface area contributed by atoms with E-state index in [4.69, 9.17) is 5.73 Å². The van der Waals surface area contributed by atoms with Crippen molar-refractivity contribution in [1.29, 1.82) is 0 Å². The van der Waals surface area contributed by atoms with Gasteiger partial charge in [0.2, 0.25) is 5.91 Å². The number of phenols is 1. The molecule has 2 fully saturated rings. The van der Waals surface area contributed by atoms with Gasteiger partial charge in [0, 0.05) is 49.3 Å². The molecule has 2 aromatic rings. The first kappa shape index (κ1) is 25.7. The Morgan fingerprint density at radius 2 is 1.74 bits per heavy atom. The molecule has 4 N–H and O–H groups in total. The molecule has 0 bridgehead atoms. The standard InChI is InChI=1S/C27H24F2N2O7/c1-31(2)17-9-14(13-4-3-12(28)8-16(13)29)22(33)20-15(17)6-10-5-11-7-18(32)21(26(30)37)25(36)27(11,38)24(35)19(10)23(20)34/h3-4,8-11,19,21,33,38H,5-7H2,1-2H3,(H2,30,37)/t10-,11+,19?,21?,27+/m1/s1.